The molecule has 0 aromatic heterocycles. The lowest BCUT2D eigenvalue weighted by Gasteiger charge is -2.15. The molecule has 146 valence electrons. The number of rotatable bonds is 7. The van der Waals surface area contributed by atoms with Crippen molar-refractivity contribution in [2.24, 2.45) is 0 Å². The first-order valence-corrected chi connectivity index (χ1v) is 10.2. The topological polar surface area (TPSA) is 69.7 Å². The van der Waals surface area contributed by atoms with Gasteiger partial charge in [0.05, 0.1) is 15.5 Å². The molecule has 1 amide bonds. The summed E-state index contributed by atoms with van der Waals surface area (Å²) in [6, 6.07) is 12.0. The Balaban J connectivity index is 2.22. The summed E-state index contributed by atoms with van der Waals surface area (Å²) in [7, 11) is 3.18. The molecule has 0 radical (unpaired) electrons. The minimum atomic E-state index is -3.65. The molecule has 0 saturated heterocycles. The van der Waals surface area contributed by atoms with Gasteiger partial charge in [-0.05, 0) is 43.4 Å². The van der Waals surface area contributed by atoms with Crippen LogP contribution in [-0.4, -0.2) is 51.7 Å². The SMILES string of the molecule is CN(C)Cc1ccccc1CNC(=O)c1cc(S(=O)(=O)N(C)C)ccc1Cl. The lowest BCUT2D eigenvalue weighted by Crippen LogP contribution is -2.26. The molecule has 2 rings (SSSR count). The van der Waals surface area contributed by atoms with Crippen LogP contribution in [0.15, 0.2) is 47.4 Å². The van der Waals surface area contributed by atoms with Crippen molar-refractivity contribution < 1.29 is 13.2 Å². The fourth-order valence-electron chi connectivity index (χ4n) is 2.55. The number of benzene rings is 2. The maximum absolute atomic E-state index is 12.6. The number of carbonyl (C=O) groups is 1. The average Bonchev–Trinajstić information content (AvgIpc) is 2.60. The van der Waals surface area contributed by atoms with Crippen molar-refractivity contribution >= 4 is 27.5 Å². The van der Waals surface area contributed by atoms with Crippen molar-refractivity contribution in [1.82, 2.24) is 14.5 Å². The summed E-state index contributed by atoms with van der Waals surface area (Å²) >= 11 is 6.13. The summed E-state index contributed by atoms with van der Waals surface area (Å²) in [6.07, 6.45) is 0. The van der Waals surface area contributed by atoms with Crippen LogP contribution in [0.4, 0.5) is 0 Å². The third kappa shape index (κ3) is 5.29. The van der Waals surface area contributed by atoms with E-state index < -0.39 is 15.9 Å². The predicted molar refractivity (Wildman–Crippen MR) is 107 cm³/mol. The zero-order chi connectivity index (χ0) is 20.2. The number of halogens is 1. The molecule has 1 N–H and O–H groups in total. The highest BCUT2D eigenvalue weighted by molar-refractivity contribution is 7.89. The number of nitrogens with one attached hydrogen (secondary N) is 1. The van der Waals surface area contributed by atoms with E-state index in [4.69, 9.17) is 11.6 Å². The standard InChI is InChI=1S/C19H24ClN3O3S/c1-22(2)13-15-8-6-5-7-14(15)12-21-19(24)17-11-16(9-10-18(17)20)27(25,26)23(3)4/h5-11H,12-13H2,1-4H3,(H,21,24). The number of nitrogens with zero attached hydrogens (tertiary/aromatic N) is 2. The Bertz CT molecular complexity index is 928. The van der Waals surface area contributed by atoms with Gasteiger partial charge in [-0.15, -0.1) is 0 Å². The van der Waals surface area contributed by atoms with Gasteiger partial charge in [-0.3, -0.25) is 4.79 Å². The van der Waals surface area contributed by atoms with Crippen molar-refractivity contribution in [2.75, 3.05) is 28.2 Å². The third-order valence-electron chi connectivity index (χ3n) is 4.01. The fourth-order valence-corrected chi connectivity index (χ4v) is 3.68. The molecule has 0 aliphatic rings. The summed E-state index contributed by atoms with van der Waals surface area (Å²) in [4.78, 5) is 14.7. The highest BCUT2D eigenvalue weighted by Crippen LogP contribution is 2.22. The molecule has 2 aromatic carbocycles. The normalized spacial score (nSPS) is 11.8. The molecule has 2 aromatic rings. The van der Waals surface area contributed by atoms with E-state index >= 15 is 0 Å². The predicted octanol–water partition coefficient (Wildman–Crippen LogP) is 2.58. The van der Waals surface area contributed by atoms with Gasteiger partial charge in [0.1, 0.15) is 0 Å². The Morgan fingerprint density at radius 1 is 1.04 bits per heavy atom. The molecule has 0 unspecified atom stereocenters. The number of carbonyl (C=O) groups excluding carboxylic acids is 1. The Morgan fingerprint density at radius 2 is 1.67 bits per heavy atom. The van der Waals surface area contributed by atoms with Gasteiger partial charge in [-0.25, -0.2) is 12.7 Å². The van der Waals surface area contributed by atoms with E-state index in [1.807, 2.05) is 43.3 Å². The van der Waals surface area contributed by atoms with Gasteiger partial charge in [-0.1, -0.05) is 35.9 Å². The highest BCUT2D eigenvalue weighted by Gasteiger charge is 2.20. The Morgan fingerprint density at radius 3 is 2.26 bits per heavy atom. The minimum Gasteiger partial charge on any atom is -0.348 e. The van der Waals surface area contributed by atoms with E-state index in [1.165, 1.54) is 32.3 Å². The van der Waals surface area contributed by atoms with Crippen LogP contribution in [-0.2, 0) is 23.1 Å². The monoisotopic (exact) mass is 409 g/mol. The van der Waals surface area contributed by atoms with E-state index in [2.05, 4.69) is 5.32 Å². The molecule has 0 heterocycles. The van der Waals surface area contributed by atoms with E-state index in [1.54, 1.807) is 0 Å². The second kappa shape index (κ2) is 8.84. The van der Waals surface area contributed by atoms with Crippen LogP contribution in [0, 0.1) is 0 Å². The Labute approximate surface area is 165 Å². The molecule has 0 spiro atoms. The maximum Gasteiger partial charge on any atom is 0.253 e. The van der Waals surface area contributed by atoms with Crippen molar-refractivity contribution in [2.45, 2.75) is 18.0 Å². The number of hydrogen-bond donors (Lipinski definition) is 1. The van der Waals surface area contributed by atoms with Crippen LogP contribution in [0.1, 0.15) is 21.5 Å². The third-order valence-corrected chi connectivity index (χ3v) is 6.15. The van der Waals surface area contributed by atoms with Gasteiger partial charge in [0.25, 0.3) is 5.91 Å². The van der Waals surface area contributed by atoms with Crippen LogP contribution in [0.3, 0.4) is 0 Å². The van der Waals surface area contributed by atoms with Crippen molar-refractivity contribution in [3.63, 3.8) is 0 Å². The summed E-state index contributed by atoms with van der Waals surface area (Å²) < 4.78 is 25.7. The summed E-state index contributed by atoms with van der Waals surface area (Å²) in [5.41, 5.74) is 2.23. The van der Waals surface area contributed by atoms with Gasteiger partial charge in [0, 0.05) is 27.2 Å². The second-order valence-electron chi connectivity index (χ2n) is 6.62. The molecule has 0 aliphatic heterocycles. The molecule has 0 atom stereocenters. The number of hydrogen-bond acceptors (Lipinski definition) is 4. The molecule has 0 saturated carbocycles. The van der Waals surface area contributed by atoms with Crippen molar-refractivity contribution in [1.29, 1.82) is 0 Å². The largest absolute Gasteiger partial charge is 0.348 e. The number of amides is 1. The zero-order valence-electron chi connectivity index (χ0n) is 15.9. The zero-order valence-corrected chi connectivity index (χ0v) is 17.4. The number of sulfonamides is 1. The first kappa shape index (κ1) is 21.4. The summed E-state index contributed by atoms with van der Waals surface area (Å²) in [6.45, 7) is 1.08. The van der Waals surface area contributed by atoms with Crippen molar-refractivity contribution in [3.8, 4) is 0 Å². The van der Waals surface area contributed by atoms with Gasteiger partial charge in [0.15, 0.2) is 0 Å². The lowest BCUT2D eigenvalue weighted by atomic mass is 10.1. The summed E-state index contributed by atoms with van der Waals surface area (Å²) in [5.74, 6) is -0.421. The first-order valence-electron chi connectivity index (χ1n) is 8.34. The van der Waals surface area contributed by atoms with Crippen molar-refractivity contribution in [3.05, 3.63) is 64.2 Å². The van der Waals surface area contributed by atoms with Gasteiger partial charge in [0.2, 0.25) is 10.0 Å². The van der Waals surface area contributed by atoms with Crippen LogP contribution in [0.2, 0.25) is 5.02 Å². The highest BCUT2D eigenvalue weighted by atomic mass is 35.5. The molecule has 0 bridgehead atoms. The maximum atomic E-state index is 12.6. The van der Waals surface area contributed by atoms with E-state index in [0.29, 0.717) is 6.54 Å². The molecule has 0 aliphatic carbocycles. The molecule has 0 fully saturated rings. The minimum absolute atomic E-state index is 0.0232. The van der Waals surface area contributed by atoms with Gasteiger partial charge >= 0.3 is 0 Å². The fraction of sp³-hybridized carbons (Fsp3) is 0.316. The van der Waals surface area contributed by atoms with Crippen LogP contribution < -0.4 is 5.32 Å². The molecule has 6 nitrogen and oxygen atoms in total. The van der Waals surface area contributed by atoms with Crippen LogP contribution >= 0.6 is 11.6 Å². The Kier molecular flexibility index (Phi) is 7.00. The Hall–Kier alpha value is -1.93. The van der Waals surface area contributed by atoms with Gasteiger partial charge < -0.3 is 10.2 Å². The molecule has 27 heavy (non-hydrogen) atoms. The van der Waals surface area contributed by atoms with Crippen LogP contribution in [0.5, 0.6) is 0 Å². The second-order valence-corrected chi connectivity index (χ2v) is 9.18. The average molecular weight is 410 g/mol. The van der Waals surface area contributed by atoms with E-state index in [0.717, 1.165) is 22.0 Å². The van der Waals surface area contributed by atoms with Crippen LogP contribution in [0.25, 0.3) is 0 Å². The quantitative estimate of drug-likeness (QED) is 0.763. The van der Waals surface area contributed by atoms with Gasteiger partial charge in [-0.2, -0.15) is 0 Å². The lowest BCUT2D eigenvalue weighted by molar-refractivity contribution is 0.0950. The molecule has 8 heteroatoms. The summed E-state index contributed by atoms with van der Waals surface area (Å²) in [5, 5.41) is 3.03. The smallest absolute Gasteiger partial charge is 0.253 e. The molecular formula is C19H24ClN3O3S. The first-order chi connectivity index (χ1) is 12.6. The van der Waals surface area contributed by atoms with E-state index in [-0.39, 0.29) is 15.5 Å². The van der Waals surface area contributed by atoms with E-state index in [9.17, 15) is 13.2 Å². The molecular weight excluding hydrogens is 386 g/mol.